The number of nitrogens with two attached hydrogens (primary N) is 1. The number of hydrogen-bond acceptors (Lipinski definition) is 12. The first-order chi connectivity index (χ1) is 18.6. The first-order valence-electron chi connectivity index (χ1n) is 12.3. The summed E-state index contributed by atoms with van der Waals surface area (Å²) < 4.78 is 27.5. The molecule has 0 spiro atoms. The summed E-state index contributed by atoms with van der Waals surface area (Å²) in [6.45, 7) is 8.27. The van der Waals surface area contributed by atoms with Crippen LogP contribution in [0.1, 0.15) is 4.88 Å². The van der Waals surface area contributed by atoms with Gasteiger partial charge in [0.15, 0.2) is 11.6 Å². The van der Waals surface area contributed by atoms with Gasteiger partial charge in [-0.25, -0.2) is 24.3 Å². The third-order valence-corrected chi connectivity index (χ3v) is 7.80. The van der Waals surface area contributed by atoms with Crippen LogP contribution in [0.4, 0.5) is 16.2 Å². The highest BCUT2D eigenvalue weighted by Crippen LogP contribution is 2.35. The van der Waals surface area contributed by atoms with Gasteiger partial charge in [0.1, 0.15) is 5.82 Å². The van der Waals surface area contributed by atoms with Crippen LogP contribution in [0.3, 0.4) is 0 Å². The summed E-state index contributed by atoms with van der Waals surface area (Å²) in [6.07, 6.45) is 3.36. The van der Waals surface area contributed by atoms with Crippen molar-refractivity contribution in [1.29, 1.82) is 0 Å². The molecule has 0 aliphatic carbocycles. The quantitative estimate of drug-likeness (QED) is 0.313. The van der Waals surface area contributed by atoms with Crippen molar-refractivity contribution in [3.8, 4) is 11.4 Å². The minimum Gasteiger partial charge on any atom is -0.378 e. The molecule has 5 heterocycles. The zero-order chi connectivity index (χ0) is 26.3. The van der Waals surface area contributed by atoms with Gasteiger partial charge in [-0.2, -0.15) is 0 Å². The predicted octanol–water partition coefficient (Wildman–Crippen LogP) is 3.36. The van der Waals surface area contributed by atoms with Gasteiger partial charge in [-0.05, 0) is 18.2 Å². The van der Waals surface area contributed by atoms with E-state index < -0.39 is 0 Å². The molecule has 0 atom stereocenters. The summed E-state index contributed by atoms with van der Waals surface area (Å²) in [5, 5.41) is 3.41. The van der Waals surface area contributed by atoms with E-state index in [2.05, 4.69) is 31.2 Å². The Morgan fingerprint density at radius 3 is 2.50 bits per heavy atom. The summed E-state index contributed by atoms with van der Waals surface area (Å²) in [7, 11) is 0. The largest absolute Gasteiger partial charge is 0.378 e. The molecule has 13 heteroatoms. The highest BCUT2D eigenvalue weighted by molar-refractivity contribution is 7.93. The molecule has 2 saturated heterocycles. The third kappa shape index (κ3) is 6.54. The van der Waals surface area contributed by atoms with Crippen molar-refractivity contribution < 1.29 is 13.7 Å². The van der Waals surface area contributed by atoms with E-state index in [4.69, 9.17) is 25.0 Å². The molecule has 6 rings (SSSR count). The fourth-order valence-corrected chi connectivity index (χ4v) is 5.67. The van der Waals surface area contributed by atoms with Crippen LogP contribution in [0, 0.1) is 5.82 Å². The molecule has 0 saturated carbocycles. The van der Waals surface area contributed by atoms with Gasteiger partial charge in [0.25, 0.3) is 0 Å². The Bertz CT molecular complexity index is 1350. The Labute approximate surface area is 228 Å². The Hall–Kier alpha value is -2.94. The summed E-state index contributed by atoms with van der Waals surface area (Å²) in [4.78, 5) is 24.3. The smallest absolute Gasteiger partial charge is 0.219 e. The Balaban J connectivity index is 0.000000278. The number of anilines is 2. The van der Waals surface area contributed by atoms with Crippen molar-refractivity contribution in [2.24, 2.45) is 0 Å². The van der Waals surface area contributed by atoms with Gasteiger partial charge in [-0.3, -0.25) is 4.90 Å². The standard InChI is InChI=1S/C19H24N8OS.C6H5FOS/c20-19-22-10-13(11-23-19)17-24-15-9-14(12-26-3-1-21-2-4-26)29-16(15)18(25-17)27-5-7-28-8-6-27;7-5-3-1-2-4-6(5)9-8/h9-11,21H,1-8,12H2,(H2,20,22,23);1-4,8H. The molecule has 4 N–H and O–H groups in total. The summed E-state index contributed by atoms with van der Waals surface area (Å²) >= 11 is 2.22. The Kier molecular flexibility index (Phi) is 8.94. The van der Waals surface area contributed by atoms with Crippen molar-refractivity contribution in [3.05, 3.63) is 53.4 Å². The molecule has 0 unspecified atom stereocenters. The van der Waals surface area contributed by atoms with E-state index in [0.717, 1.165) is 67.4 Å². The van der Waals surface area contributed by atoms with Gasteiger partial charge in [-0.15, -0.1) is 11.3 Å². The molecule has 0 amide bonds. The second-order valence-electron chi connectivity index (χ2n) is 8.78. The predicted molar refractivity (Wildman–Crippen MR) is 149 cm³/mol. The fraction of sp³-hybridized carbons (Fsp3) is 0.360. The summed E-state index contributed by atoms with van der Waals surface area (Å²) in [6, 6.07) is 8.27. The average molecular weight is 557 g/mol. The maximum Gasteiger partial charge on any atom is 0.219 e. The van der Waals surface area contributed by atoms with Gasteiger partial charge in [0, 0.05) is 75.1 Å². The van der Waals surface area contributed by atoms with Gasteiger partial charge in [0.2, 0.25) is 5.95 Å². The number of benzene rings is 1. The molecule has 1 aromatic carbocycles. The lowest BCUT2D eigenvalue weighted by molar-refractivity contribution is 0.122. The molecule has 0 bridgehead atoms. The van der Waals surface area contributed by atoms with E-state index >= 15 is 0 Å². The second kappa shape index (κ2) is 12.7. The molecular weight excluding hydrogens is 527 g/mol. The molecule has 10 nitrogen and oxygen atoms in total. The molecule has 2 fully saturated rings. The first-order valence-corrected chi connectivity index (χ1v) is 13.9. The van der Waals surface area contributed by atoms with Crippen LogP contribution in [0.15, 0.2) is 47.6 Å². The van der Waals surface area contributed by atoms with Gasteiger partial charge in [-0.1, -0.05) is 12.1 Å². The zero-order valence-corrected chi connectivity index (χ0v) is 22.3. The number of ether oxygens (including phenoxy) is 1. The molecule has 200 valence electrons. The number of piperazine rings is 1. The van der Waals surface area contributed by atoms with E-state index in [1.54, 1.807) is 35.9 Å². The number of nitrogens with one attached hydrogen (secondary N) is 1. The van der Waals surface area contributed by atoms with Crippen LogP contribution in [-0.4, -0.2) is 81.9 Å². The van der Waals surface area contributed by atoms with Crippen molar-refractivity contribution >= 4 is 45.4 Å². The number of nitrogens with zero attached hydrogens (tertiary/aromatic N) is 6. The molecule has 2 aliphatic rings. The third-order valence-electron chi connectivity index (χ3n) is 6.17. The fourth-order valence-electron chi connectivity index (χ4n) is 4.22. The van der Waals surface area contributed by atoms with Crippen LogP contribution in [0.5, 0.6) is 0 Å². The highest BCUT2D eigenvalue weighted by atomic mass is 32.2. The van der Waals surface area contributed by atoms with Crippen LogP contribution in [-0.2, 0) is 11.3 Å². The summed E-state index contributed by atoms with van der Waals surface area (Å²) in [5.41, 5.74) is 7.39. The van der Waals surface area contributed by atoms with Gasteiger partial charge >= 0.3 is 0 Å². The SMILES string of the molecule is Nc1ncc(-c2nc(N3CCOCC3)c3sc(CN4CCNCC4)cc3n2)cn1.OSc1ccccc1F. The van der Waals surface area contributed by atoms with E-state index in [-0.39, 0.29) is 16.7 Å². The minimum absolute atomic E-state index is 0.247. The van der Waals surface area contributed by atoms with Crippen molar-refractivity contribution in [1.82, 2.24) is 30.2 Å². The molecule has 2 aliphatic heterocycles. The van der Waals surface area contributed by atoms with Crippen molar-refractivity contribution in [2.45, 2.75) is 11.4 Å². The molecule has 38 heavy (non-hydrogen) atoms. The average Bonchev–Trinajstić information content (AvgIpc) is 3.37. The highest BCUT2D eigenvalue weighted by Gasteiger charge is 2.21. The number of thiophene rings is 1. The molecule has 3 aromatic heterocycles. The van der Waals surface area contributed by atoms with Gasteiger partial charge in [0.05, 0.1) is 33.9 Å². The summed E-state index contributed by atoms with van der Waals surface area (Å²) in [5.74, 6) is 1.47. The number of hydrogen-bond donors (Lipinski definition) is 3. The number of halogens is 1. The second-order valence-corrected chi connectivity index (χ2v) is 10.5. The maximum atomic E-state index is 12.4. The lowest BCUT2D eigenvalue weighted by Gasteiger charge is -2.28. The lowest BCUT2D eigenvalue weighted by atomic mass is 10.3. The van der Waals surface area contributed by atoms with Crippen LogP contribution in [0.2, 0.25) is 0 Å². The molecular formula is C25H29FN8O2S2. The first kappa shape index (κ1) is 26.7. The topological polar surface area (TPSA) is 126 Å². The number of aromatic nitrogens is 4. The van der Waals surface area contributed by atoms with E-state index in [9.17, 15) is 4.39 Å². The zero-order valence-electron chi connectivity index (χ0n) is 20.7. The van der Waals surface area contributed by atoms with Crippen molar-refractivity contribution in [2.75, 3.05) is 63.1 Å². The lowest BCUT2D eigenvalue weighted by Crippen LogP contribution is -2.42. The maximum absolute atomic E-state index is 12.4. The number of rotatable bonds is 5. The van der Waals surface area contributed by atoms with Crippen LogP contribution >= 0.6 is 23.4 Å². The number of morpholine rings is 1. The van der Waals surface area contributed by atoms with E-state index in [1.807, 2.05) is 0 Å². The monoisotopic (exact) mass is 556 g/mol. The van der Waals surface area contributed by atoms with Crippen LogP contribution < -0.4 is 16.0 Å². The van der Waals surface area contributed by atoms with Crippen molar-refractivity contribution in [3.63, 3.8) is 0 Å². The van der Waals surface area contributed by atoms with Gasteiger partial charge < -0.3 is 25.2 Å². The number of nitrogen functional groups attached to an aromatic ring is 1. The Morgan fingerprint density at radius 2 is 1.82 bits per heavy atom. The van der Waals surface area contributed by atoms with Crippen LogP contribution in [0.25, 0.3) is 21.6 Å². The number of fused-ring (bicyclic) bond motifs is 1. The Morgan fingerprint density at radius 1 is 1.08 bits per heavy atom. The van der Waals surface area contributed by atoms with E-state index in [1.165, 1.54) is 17.0 Å². The molecule has 4 aromatic rings. The van der Waals surface area contributed by atoms with E-state index in [0.29, 0.717) is 31.1 Å². The normalized spacial score (nSPS) is 16.3. The molecule has 0 radical (unpaired) electrons. The minimum atomic E-state index is -0.384.